The molecule has 1 fully saturated rings. The highest BCUT2D eigenvalue weighted by Crippen LogP contribution is 2.32. The highest BCUT2D eigenvalue weighted by Gasteiger charge is 2.45. The molecule has 0 aromatic heterocycles. The van der Waals surface area contributed by atoms with Gasteiger partial charge in [-0.1, -0.05) is 39.0 Å². The molecule has 19 heavy (non-hydrogen) atoms. The summed E-state index contributed by atoms with van der Waals surface area (Å²) in [5, 5.41) is 12.3. The van der Waals surface area contributed by atoms with Crippen LogP contribution in [0.2, 0.25) is 0 Å². The molecule has 0 aliphatic carbocycles. The average molecular weight is 263 g/mol. The van der Waals surface area contributed by atoms with Gasteiger partial charge in [0.1, 0.15) is 5.41 Å². The van der Waals surface area contributed by atoms with E-state index < -0.39 is 5.41 Å². The summed E-state index contributed by atoms with van der Waals surface area (Å²) in [6.07, 6.45) is 0. The second-order valence-electron chi connectivity index (χ2n) is 6.18. The Labute approximate surface area is 113 Å². The van der Waals surface area contributed by atoms with Gasteiger partial charge in [-0.3, -0.25) is 4.79 Å². The molecule has 0 unspecified atom stereocenters. The number of aliphatic hydroxyl groups is 1. The molecule has 1 aliphatic heterocycles. The van der Waals surface area contributed by atoms with Gasteiger partial charge in [0.25, 0.3) is 0 Å². The maximum absolute atomic E-state index is 12.3. The summed E-state index contributed by atoms with van der Waals surface area (Å²) < 4.78 is 5.06. The molecule has 4 heteroatoms. The summed E-state index contributed by atoms with van der Waals surface area (Å²) in [4.78, 5) is 12.3. The number of hydrogen-bond acceptors (Lipinski definition) is 3. The number of benzene rings is 1. The number of anilines is 1. The van der Waals surface area contributed by atoms with Crippen LogP contribution in [0.15, 0.2) is 24.3 Å². The van der Waals surface area contributed by atoms with E-state index in [0.717, 1.165) is 11.3 Å². The molecule has 0 atom stereocenters. The second kappa shape index (κ2) is 4.94. The van der Waals surface area contributed by atoms with Crippen LogP contribution in [0.3, 0.4) is 0 Å². The van der Waals surface area contributed by atoms with Crippen LogP contribution in [0, 0.1) is 5.41 Å². The number of amides is 1. The van der Waals surface area contributed by atoms with Gasteiger partial charge in [0.15, 0.2) is 0 Å². The lowest BCUT2D eigenvalue weighted by atomic mass is 9.84. The van der Waals surface area contributed by atoms with Crippen LogP contribution < -0.4 is 5.32 Å². The Morgan fingerprint density at radius 1 is 1.37 bits per heavy atom. The fourth-order valence-electron chi connectivity index (χ4n) is 2.14. The topological polar surface area (TPSA) is 58.6 Å². The van der Waals surface area contributed by atoms with Gasteiger partial charge in [0.05, 0.1) is 19.8 Å². The van der Waals surface area contributed by atoms with E-state index in [2.05, 4.69) is 26.1 Å². The highest BCUT2D eigenvalue weighted by atomic mass is 16.5. The third-order valence-electron chi connectivity index (χ3n) is 3.52. The largest absolute Gasteiger partial charge is 0.395 e. The summed E-state index contributed by atoms with van der Waals surface area (Å²) in [6.45, 7) is 6.70. The molecular formula is C15H21NO3. The number of nitrogens with one attached hydrogen (secondary N) is 1. The van der Waals surface area contributed by atoms with Crippen molar-refractivity contribution in [1.82, 2.24) is 0 Å². The van der Waals surface area contributed by atoms with Crippen molar-refractivity contribution in [2.24, 2.45) is 5.41 Å². The van der Waals surface area contributed by atoms with Crippen molar-refractivity contribution in [1.29, 1.82) is 0 Å². The monoisotopic (exact) mass is 263 g/mol. The van der Waals surface area contributed by atoms with E-state index in [1.807, 2.05) is 24.3 Å². The molecule has 0 saturated carbocycles. The number of carbonyl (C=O) groups excluding carboxylic acids is 1. The second-order valence-corrected chi connectivity index (χ2v) is 6.18. The van der Waals surface area contributed by atoms with Crippen molar-refractivity contribution in [3.05, 3.63) is 29.8 Å². The van der Waals surface area contributed by atoms with Gasteiger partial charge in [0, 0.05) is 5.69 Å². The van der Waals surface area contributed by atoms with Gasteiger partial charge < -0.3 is 15.2 Å². The molecule has 0 spiro atoms. The molecule has 1 aromatic carbocycles. The van der Waals surface area contributed by atoms with Crippen molar-refractivity contribution in [2.45, 2.75) is 26.2 Å². The van der Waals surface area contributed by atoms with Gasteiger partial charge in [-0.2, -0.15) is 0 Å². The van der Waals surface area contributed by atoms with Crippen LogP contribution in [0.1, 0.15) is 26.3 Å². The van der Waals surface area contributed by atoms with Gasteiger partial charge in [-0.25, -0.2) is 0 Å². The number of carbonyl (C=O) groups is 1. The molecule has 0 radical (unpaired) electrons. The summed E-state index contributed by atoms with van der Waals surface area (Å²) in [6, 6.07) is 7.76. The molecule has 1 heterocycles. The lowest BCUT2D eigenvalue weighted by molar-refractivity contribution is -0.164. The summed E-state index contributed by atoms with van der Waals surface area (Å²) in [5.41, 5.74) is 1.06. The Kier molecular flexibility index (Phi) is 3.65. The van der Waals surface area contributed by atoms with E-state index in [-0.39, 0.29) is 31.1 Å². The quantitative estimate of drug-likeness (QED) is 0.876. The molecule has 104 valence electrons. The standard InChI is InChI=1S/C15H21NO3/c1-14(2,3)11-6-4-5-7-12(11)16-13(18)15(8-17)9-19-10-15/h4-7,17H,8-10H2,1-3H3,(H,16,18). The molecule has 2 rings (SSSR count). The van der Waals surface area contributed by atoms with Crippen LogP contribution in [0.5, 0.6) is 0 Å². The zero-order valence-corrected chi connectivity index (χ0v) is 11.7. The van der Waals surface area contributed by atoms with E-state index in [1.165, 1.54) is 0 Å². The number of para-hydroxylation sites is 1. The fourth-order valence-corrected chi connectivity index (χ4v) is 2.14. The minimum atomic E-state index is -0.773. The Morgan fingerprint density at radius 3 is 2.47 bits per heavy atom. The zero-order chi connectivity index (χ0) is 14.1. The minimum absolute atomic E-state index is 0.0492. The summed E-state index contributed by atoms with van der Waals surface area (Å²) >= 11 is 0. The molecule has 1 aliphatic rings. The molecule has 4 nitrogen and oxygen atoms in total. The SMILES string of the molecule is CC(C)(C)c1ccccc1NC(=O)C1(CO)COC1. The van der Waals surface area contributed by atoms with Crippen LogP contribution in [-0.2, 0) is 14.9 Å². The number of rotatable bonds is 3. The third kappa shape index (κ3) is 2.65. The fraction of sp³-hybridized carbons (Fsp3) is 0.533. The maximum Gasteiger partial charge on any atom is 0.237 e. The molecule has 1 saturated heterocycles. The highest BCUT2D eigenvalue weighted by molar-refractivity contribution is 5.97. The van der Waals surface area contributed by atoms with Crippen molar-refractivity contribution >= 4 is 11.6 Å². The lowest BCUT2D eigenvalue weighted by Crippen LogP contribution is -2.54. The van der Waals surface area contributed by atoms with E-state index in [9.17, 15) is 9.90 Å². The number of hydrogen-bond donors (Lipinski definition) is 2. The first-order chi connectivity index (χ1) is 8.89. The van der Waals surface area contributed by atoms with E-state index in [1.54, 1.807) is 0 Å². The van der Waals surface area contributed by atoms with E-state index in [4.69, 9.17) is 4.74 Å². The van der Waals surface area contributed by atoms with E-state index >= 15 is 0 Å². The minimum Gasteiger partial charge on any atom is -0.395 e. The number of ether oxygens (including phenoxy) is 1. The van der Waals surface area contributed by atoms with Crippen molar-refractivity contribution < 1.29 is 14.6 Å². The molecule has 1 amide bonds. The van der Waals surface area contributed by atoms with Crippen molar-refractivity contribution in [3.63, 3.8) is 0 Å². The van der Waals surface area contributed by atoms with Crippen LogP contribution in [0.4, 0.5) is 5.69 Å². The smallest absolute Gasteiger partial charge is 0.237 e. The Bertz CT molecular complexity index is 467. The maximum atomic E-state index is 12.3. The Hall–Kier alpha value is -1.39. The number of aliphatic hydroxyl groups excluding tert-OH is 1. The van der Waals surface area contributed by atoms with Gasteiger partial charge in [0.2, 0.25) is 5.91 Å². The average Bonchev–Trinajstić information content (AvgIpc) is 2.27. The predicted octanol–water partition coefficient (Wildman–Crippen LogP) is 1.93. The van der Waals surface area contributed by atoms with Gasteiger partial charge in [-0.05, 0) is 17.0 Å². The van der Waals surface area contributed by atoms with Crippen LogP contribution in [0.25, 0.3) is 0 Å². The summed E-state index contributed by atoms with van der Waals surface area (Å²) in [7, 11) is 0. The first kappa shape index (κ1) is 14.0. The van der Waals surface area contributed by atoms with E-state index in [0.29, 0.717) is 0 Å². The Morgan fingerprint density at radius 2 is 2.00 bits per heavy atom. The van der Waals surface area contributed by atoms with Crippen LogP contribution in [-0.4, -0.2) is 30.8 Å². The zero-order valence-electron chi connectivity index (χ0n) is 11.7. The third-order valence-corrected chi connectivity index (χ3v) is 3.52. The van der Waals surface area contributed by atoms with Crippen molar-refractivity contribution in [2.75, 3.05) is 25.1 Å². The first-order valence-electron chi connectivity index (χ1n) is 6.49. The van der Waals surface area contributed by atoms with Gasteiger partial charge in [-0.15, -0.1) is 0 Å². The normalized spacial score (nSPS) is 17.7. The lowest BCUT2D eigenvalue weighted by Gasteiger charge is -2.38. The molecule has 2 N–H and O–H groups in total. The summed E-state index contributed by atoms with van der Waals surface area (Å²) in [5.74, 6) is -0.169. The van der Waals surface area contributed by atoms with Crippen LogP contribution >= 0.6 is 0 Å². The predicted molar refractivity (Wildman–Crippen MR) is 74.1 cm³/mol. The van der Waals surface area contributed by atoms with Gasteiger partial charge >= 0.3 is 0 Å². The molecular weight excluding hydrogens is 242 g/mol. The van der Waals surface area contributed by atoms with Crippen molar-refractivity contribution in [3.8, 4) is 0 Å². The Balaban J connectivity index is 2.22. The molecule has 0 bridgehead atoms. The first-order valence-corrected chi connectivity index (χ1v) is 6.49. The molecule has 1 aromatic rings.